The van der Waals surface area contributed by atoms with Crippen molar-refractivity contribution < 1.29 is 9.84 Å². The van der Waals surface area contributed by atoms with Gasteiger partial charge in [0.15, 0.2) is 0 Å². The number of hydrogen-bond donors (Lipinski definition) is 1. The summed E-state index contributed by atoms with van der Waals surface area (Å²) in [5, 5.41) is 9.23. The molecule has 0 aliphatic carbocycles. The van der Waals surface area contributed by atoms with Crippen molar-refractivity contribution in [3.63, 3.8) is 0 Å². The van der Waals surface area contributed by atoms with E-state index in [2.05, 4.69) is 0 Å². The van der Waals surface area contributed by atoms with E-state index in [0.29, 0.717) is 6.54 Å². The van der Waals surface area contributed by atoms with Gasteiger partial charge in [-0.15, -0.1) is 0 Å². The lowest BCUT2D eigenvalue weighted by Gasteiger charge is -2.14. The first-order valence-electron chi connectivity index (χ1n) is 5.19. The summed E-state index contributed by atoms with van der Waals surface area (Å²) >= 11 is 0. The van der Waals surface area contributed by atoms with Gasteiger partial charge in [-0.05, 0) is 25.8 Å². The summed E-state index contributed by atoms with van der Waals surface area (Å²) in [5.74, 6) is 0.0288. The molecule has 15 heavy (non-hydrogen) atoms. The van der Waals surface area contributed by atoms with E-state index in [9.17, 15) is 9.90 Å². The van der Waals surface area contributed by atoms with Gasteiger partial charge in [-0.1, -0.05) is 0 Å². The predicted octanol–water partition coefficient (Wildman–Crippen LogP) is 1.04. The Bertz CT molecular complexity index is 405. The van der Waals surface area contributed by atoms with Crippen molar-refractivity contribution in [2.24, 2.45) is 0 Å². The molecule has 1 saturated heterocycles. The van der Waals surface area contributed by atoms with Gasteiger partial charge in [0.1, 0.15) is 5.75 Å². The maximum atomic E-state index is 11.6. The highest BCUT2D eigenvalue weighted by atomic mass is 16.5. The lowest BCUT2D eigenvalue weighted by Crippen LogP contribution is -2.27. The largest absolute Gasteiger partial charge is 0.508 e. The second kappa shape index (κ2) is 4.06. The van der Waals surface area contributed by atoms with Crippen LogP contribution in [0.15, 0.2) is 16.9 Å². The Morgan fingerprint density at radius 1 is 1.60 bits per heavy atom. The molecule has 1 aliphatic heterocycles. The number of pyridine rings is 1. The van der Waals surface area contributed by atoms with Gasteiger partial charge in [0.05, 0.1) is 12.6 Å². The van der Waals surface area contributed by atoms with E-state index in [1.165, 1.54) is 6.07 Å². The van der Waals surface area contributed by atoms with Crippen molar-refractivity contribution in [2.45, 2.75) is 32.4 Å². The van der Waals surface area contributed by atoms with Crippen molar-refractivity contribution in [2.75, 3.05) is 6.61 Å². The number of aromatic hydroxyl groups is 1. The molecule has 0 bridgehead atoms. The first-order chi connectivity index (χ1) is 7.16. The third kappa shape index (κ3) is 2.21. The normalized spacial score (nSPS) is 20.7. The first-order valence-corrected chi connectivity index (χ1v) is 5.19. The van der Waals surface area contributed by atoms with Crippen LogP contribution in [0.5, 0.6) is 5.75 Å². The summed E-state index contributed by atoms with van der Waals surface area (Å²) in [4.78, 5) is 11.6. The minimum atomic E-state index is -0.164. The highest BCUT2D eigenvalue weighted by Gasteiger charge is 2.17. The van der Waals surface area contributed by atoms with Gasteiger partial charge in [-0.2, -0.15) is 0 Å². The first kappa shape index (κ1) is 10.2. The Kier molecular flexibility index (Phi) is 2.77. The fourth-order valence-electron chi connectivity index (χ4n) is 1.94. The highest BCUT2D eigenvalue weighted by Crippen LogP contribution is 2.15. The van der Waals surface area contributed by atoms with Gasteiger partial charge < -0.3 is 14.4 Å². The van der Waals surface area contributed by atoms with Crippen molar-refractivity contribution in [3.8, 4) is 5.75 Å². The molecule has 1 aliphatic rings. The topological polar surface area (TPSA) is 51.5 Å². The zero-order valence-electron chi connectivity index (χ0n) is 8.77. The molecule has 1 atom stereocenters. The molecule has 1 fully saturated rings. The molecular formula is C11H15NO3. The number of nitrogens with zero attached hydrogens (tertiary/aromatic N) is 1. The van der Waals surface area contributed by atoms with E-state index in [1.807, 2.05) is 6.92 Å². The van der Waals surface area contributed by atoms with E-state index >= 15 is 0 Å². The Hall–Kier alpha value is -1.29. The minimum Gasteiger partial charge on any atom is -0.508 e. The number of hydrogen-bond acceptors (Lipinski definition) is 3. The molecule has 1 aromatic heterocycles. The standard InChI is InChI=1S/C11H15NO3/c1-8-5-9(13)6-11(14)12(8)7-10-3-2-4-15-10/h5-6,10,13H,2-4,7H2,1H3/t10-/m0/s1. The second-order valence-corrected chi connectivity index (χ2v) is 3.94. The van der Waals surface area contributed by atoms with Gasteiger partial charge in [-0.25, -0.2) is 0 Å². The lowest BCUT2D eigenvalue weighted by atomic mass is 10.2. The number of aromatic nitrogens is 1. The van der Waals surface area contributed by atoms with E-state index < -0.39 is 0 Å². The smallest absolute Gasteiger partial charge is 0.254 e. The maximum absolute atomic E-state index is 11.6. The summed E-state index contributed by atoms with van der Waals surface area (Å²) < 4.78 is 7.12. The van der Waals surface area contributed by atoms with Crippen LogP contribution in [-0.4, -0.2) is 22.4 Å². The monoisotopic (exact) mass is 209 g/mol. The van der Waals surface area contributed by atoms with Crippen LogP contribution < -0.4 is 5.56 Å². The second-order valence-electron chi connectivity index (χ2n) is 3.94. The third-order valence-electron chi connectivity index (χ3n) is 2.73. The van der Waals surface area contributed by atoms with Crippen LogP contribution in [0.3, 0.4) is 0 Å². The van der Waals surface area contributed by atoms with Crippen LogP contribution in [-0.2, 0) is 11.3 Å². The zero-order valence-corrected chi connectivity index (χ0v) is 8.77. The molecule has 2 heterocycles. The average Bonchev–Trinajstić information content (AvgIpc) is 2.63. The highest BCUT2D eigenvalue weighted by molar-refractivity contribution is 5.21. The van der Waals surface area contributed by atoms with E-state index in [1.54, 1.807) is 10.6 Å². The summed E-state index contributed by atoms with van der Waals surface area (Å²) in [6, 6.07) is 2.83. The number of ether oxygens (including phenoxy) is 1. The molecule has 0 amide bonds. The molecule has 0 unspecified atom stereocenters. The van der Waals surface area contributed by atoms with Crippen molar-refractivity contribution in [1.82, 2.24) is 4.57 Å². The van der Waals surface area contributed by atoms with Gasteiger partial charge in [0.25, 0.3) is 5.56 Å². The zero-order chi connectivity index (χ0) is 10.8. The van der Waals surface area contributed by atoms with Crippen LogP contribution in [0.4, 0.5) is 0 Å². The van der Waals surface area contributed by atoms with Gasteiger partial charge in [-0.3, -0.25) is 4.79 Å². The van der Waals surface area contributed by atoms with Crippen LogP contribution in [0.25, 0.3) is 0 Å². The Labute approximate surface area is 88.1 Å². The minimum absolute atomic E-state index is 0.0288. The molecule has 1 N–H and O–H groups in total. The fourth-order valence-corrected chi connectivity index (χ4v) is 1.94. The molecule has 0 radical (unpaired) electrons. The van der Waals surface area contributed by atoms with Gasteiger partial charge in [0, 0.05) is 18.4 Å². The average molecular weight is 209 g/mol. The molecule has 0 spiro atoms. The van der Waals surface area contributed by atoms with Crippen molar-refractivity contribution >= 4 is 0 Å². The lowest BCUT2D eigenvalue weighted by molar-refractivity contribution is 0.0956. The summed E-state index contributed by atoms with van der Waals surface area (Å²) in [6.07, 6.45) is 2.22. The predicted molar refractivity (Wildman–Crippen MR) is 56.1 cm³/mol. The van der Waals surface area contributed by atoms with Crippen LogP contribution in [0.1, 0.15) is 18.5 Å². The molecule has 82 valence electrons. The Morgan fingerprint density at radius 3 is 3.00 bits per heavy atom. The molecule has 0 aromatic carbocycles. The fraction of sp³-hybridized carbons (Fsp3) is 0.545. The Balaban J connectivity index is 2.23. The summed E-state index contributed by atoms with van der Waals surface area (Å²) in [7, 11) is 0. The maximum Gasteiger partial charge on any atom is 0.254 e. The SMILES string of the molecule is Cc1cc(O)cc(=O)n1C[C@@H]1CCCO1. The van der Waals surface area contributed by atoms with E-state index in [4.69, 9.17) is 4.74 Å². The molecule has 4 nitrogen and oxygen atoms in total. The Morgan fingerprint density at radius 2 is 2.40 bits per heavy atom. The molecule has 2 rings (SSSR count). The molecule has 4 heteroatoms. The van der Waals surface area contributed by atoms with Crippen LogP contribution in [0.2, 0.25) is 0 Å². The molecule has 1 aromatic rings. The van der Waals surface area contributed by atoms with E-state index in [-0.39, 0.29) is 17.4 Å². The number of rotatable bonds is 2. The van der Waals surface area contributed by atoms with Gasteiger partial charge in [0.2, 0.25) is 0 Å². The summed E-state index contributed by atoms with van der Waals surface area (Å²) in [5.41, 5.74) is 0.610. The number of aryl methyl sites for hydroxylation is 1. The van der Waals surface area contributed by atoms with Crippen molar-refractivity contribution in [1.29, 1.82) is 0 Å². The van der Waals surface area contributed by atoms with Crippen LogP contribution in [0, 0.1) is 6.92 Å². The molecule has 0 saturated carbocycles. The quantitative estimate of drug-likeness (QED) is 0.791. The van der Waals surface area contributed by atoms with Gasteiger partial charge >= 0.3 is 0 Å². The van der Waals surface area contributed by atoms with Crippen LogP contribution >= 0.6 is 0 Å². The molecular weight excluding hydrogens is 194 g/mol. The third-order valence-corrected chi connectivity index (χ3v) is 2.73. The summed E-state index contributed by atoms with van der Waals surface area (Å²) in [6.45, 7) is 3.19. The van der Waals surface area contributed by atoms with Crippen molar-refractivity contribution in [3.05, 3.63) is 28.2 Å². The van der Waals surface area contributed by atoms with E-state index in [0.717, 1.165) is 25.1 Å².